The number of hydrogen-bond acceptors (Lipinski definition) is 2. The Hall–Kier alpha value is -1.02. The van der Waals surface area contributed by atoms with Gasteiger partial charge in [-0.2, -0.15) is 0 Å². The van der Waals surface area contributed by atoms with E-state index < -0.39 is 0 Å². The maximum absolute atomic E-state index is 9.64. The van der Waals surface area contributed by atoms with Crippen molar-refractivity contribution in [1.82, 2.24) is 0 Å². The third-order valence-corrected chi connectivity index (χ3v) is 4.95. The number of fused-ring (bicyclic) bond motifs is 4. The Labute approximate surface area is 103 Å². The van der Waals surface area contributed by atoms with Gasteiger partial charge in [-0.1, -0.05) is 25.8 Å². The lowest BCUT2D eigenvalue weighted by Crippen LogP contribution is -2.51. The van der Waals surface area contributed by atoms with E-state index >= 15 is 0 Å². The van der Waals surface area contributed by atoms with Gasteiger partial charge in [0.05, 0.1) is 0 Å². The molecule has 3 N–H and O–H groups in total. The number of hydrogen-bond donors (Lipinski definition) is 2. The lowest BCUT2D eigenvalue weighted by Gasteiger charge is -2.44. The fourth-order valence-corrected chi connectivity index (χ4v) is 3.90. The molecule has 1 saturated carbocycles. The number of benzene rings is 1. The topological polar surface area (TPSA) is 46.2 Å². The molecule has 0 saturated heterocycles. The summed E-state index contributed by atoms with van der Waals surface area (Å²) >= 11 is 0. The van der Waals surface area contributed by atoms with Gasteiger partial charge in [0.25, 0.3) is 0 Å². The largest absolute Gasteiger partial charge is 0.508 e. The standard InChI is InChI=1S/C15H21NO/c1-15-7-3-2-4-10(14(15)16)8-11-9-12(17)5-6-13(11)15/h5-6,9-10,14,17H,2-4,7-8,16H2,1H3/t10?,14-,15+/m0/s1. The van der Waals surface area contributed by atoms with E-state index in [1.54, 1.807) is 0 Å². The molecule has 2 nitrogen and oxygen atoms in total. The first kappa shape index (κ1) is 11.1. The van der Waals surface area contributed by atoms with Gasteiger partial charge in [0.1, 0.15) is 5.75 Å². The summed E-state index contributed by atoms with van der Waals surface area (Å²) in [5.74, 6) is 0.983. The molecular weight excluding hydrogens is 210 g/mol. The summed E-state index contributed by atoms with van der Waals surface area (Å²) in [5.41, 5.74) is 9.32. The third kappa shape index (κ3) is 1.58. The van der Waals surface area contributed by atoms with Gasteiger partial charge in [0.15, 0.2) is 0 Å². The van der Waals surface area contributed by atoms with Gasteiger partial charge in [-0.15, -0.1) is 0 Å². The van der Waals surface area contributed by atoms with Crippen LogP contribution >= 0.6 is 0 Å². The van der Waals surface area contributed by atoms with Crippen LogP contribution in [0.1, 0.15) is 43.7 Å². The quantitative estimate of drug-likeness (QED) is 0.721. The van der Waals surface area contributed by atoms with Gasteiger partial charge in [0.2, 0.25) is 0 Å². The lowest BCUT2D eigenvalue weighted by molar-refractivity contribution is 0.254. The van der Waals surface area contributed by atoms with Crippen LogP contribution in [0.2, 0.25) is 0 Å². The van der Waals surface area contributed by atoms with E-state index in [0.29, 0.717) is 11.7 Å². The van der Waals surface area contributed by atoms with E-state index in [1.165, 1.54) is 36.8 Å². The smallest absolute Gasteiger partial charge is 0.115 e. The molecule has 1 aromatic rings. The molecule has 1 unspecified atom stereocenters. The minimum absolute atomic E-state index is 0.114. The first-order valence-corrected chi connectivity index (χ1v) is 6.69. The first-order valence-electron chi connectivity index (χ1n) is 6.69. The highest BCUT2D eigenvalue weighted by Gasteiger charge is 2.44. The summed E-state index contributed by atoms with van der Waals surface area (Å²) in [6.07, 6.45) is 6.05. The van der Waals surface area contributed by atoms with E-state index in [4.69, 9.17) is 5.73 Å². The number of phenolic OH excluding ortho intramolecular Hbond substituents is 1. The summed E-state index contributed by atoms with van der Waals surface area (Å²) in [6.45, 7) is 2.31. The zero-order chi connectivity index (χ0) is 12.0. The Morgan fingerprint density at radius 1 is 1.35 bits per heavy atom. The molecule has 1 aromatic carbocycles. The summed E-state index contributed by atoms with van der Waals surface area (Å²) < 4.78 is 0. The normalized spacial score (nSPS) is 36.1. The van der Waals surface area contributed by atoms with Gasteiger partial charge in [-0.25, -0.2) is 0 Å². The number of rotatable bonds is 0. The second-order valence-electron chi connectivity index (χ2n) is 5.99. The number of phenols is 1. The van der Waals surface area contributed by atoms with E-state index in [-0.39, 0.29) is 11.5 Å². The average Bonchev–Trinajstić information content (AvgIpc) is 2.40. The van der Waals surface area contributed by atoms with Crippen LogP contribution in [0.4, 0.5) is 0 Å². The van der Waals surface area contributed by atoms with Crippen molar-refractivity contribution in [3.63, 3.8) is 0 Å². The van der Waals surface area contributed by atoms with Crippen molar-refractivity contribution in [2.24, 2.45) is 11.7 Å². The molecule has 0 aromatic heterocycles. The Kier molecular flexibility index (Phi) is 2.44. The fourth-order valence-electron chi connectivity index (χ4n) is 3.90. The van der Waals surface area contributed by atoms with Crippen molar-refractivity contribution in [2.75, 3.05) is 0 Å². The summed E-state index contributed by atoms with van der Waals surface area (Å²) in [4.78, 5) is 0. The van der Waals surface area contributed by atoms with E-state index in [1.807, 2.05) is 12.1 Å². The van der Waals surface area contributed by atoms with Crippen LogP contribution in [0.15, 0.2) is 18.2 Å². The molecule has 3 atom stereocenters. The molecule has 0 radical (unpaired) electrons. The molecule has 0 aliphatic heterocycles. The predicted molar refractivity (Wildman–Crippen MR) is 69.1 cm³/mol. The Balaban J connectivity index is 2.15. The molecular formula is C15H21NO. The molecule has 92 valence electrons. The van der Waals surface area contributed by atoms with Crippen LogP contribution in [0.25, 0.3) is 0 Å². The molecule has 2 aliphatic carbocycles. The van der Waals surface area contributed by atoms with Gasteiger partial charge in [0, 0.05) is 11.5 Å². The minimum atomic E-state index is 0.114. The second-order valence-corrected chi connectivity index (χ2v) is 5.99. The van der Waals surface area contributed by atoms with Crippen LogP contribution in [0.3, 0.4) is 0 Å². The van der Waals surface area contributed by atoms with Crippen molar-refractivity contribution >= 4 is 0 Å². The molecule has 2 bridgehead atoms. The van der Waals surface area contributed by atoms with Gasteiger partial charge < -0.3 is 10.8 Å². The molecule has 17 heavy (non-hydrogen) atoms. The van der Waals surface area contributed by atoms with Crippen molar-refractivity contribution in [3.8, 4) is 5.75 Å². The van der Waals surface area contributed by atoms with Crippen LogP contribution in [0, 0.1) is 5.92 Å². The molecule has 2 aliphatic rings. The molecule has 0 heterocycles. The maximum atomic E-state index is 9.64. The van der Waals surface area contributed by atoms with Crippen LogP contribution in [-0.4, -0.2) is 11.1 Å². The third-order valence-electron chi connectivity index (χ3n) is 4.95. The molecule has 3 rings (SSSR count). The summed E-state index contributed by atoms with van der Waals surface area (Å²) in [6, 6.07) is 6.12. The lowest BCUT2D eigenvalue weighted by atomic mass is 9.63. The SMILES string of the molecule is C[C@@]12CCCCC(Cc3cc(O)ccc31)[C@@H]2N. The van der Waals surface area contributed by atoms with Crippen LogP contribution in [-0.2, 0) is 11.8 Å². The van der Waals surface area contributed by atoms with Crippen molar-refractivity contribution in [1.29, 1.82) is 0 Å². The van der Waals surface area contributed by atoms with Crippen LogP contribution < -0.4 is 5.73 Å². The minimum Gasteiger partial charge on any atom is -0.508 e. The highest BCUT2D eigenvalue weighted by atomic mass is 16.3. The van der Waals surface area contributed by atoms with Crippen molar-refractivity contribution < 1.29 is 5.11 Å². The zero-order valence-electron chi connectivity index (χ0n) is 10.4. The Morgan fingerprint density at radius 3 is 3.00 bits per heavy atom. The predicted octanol–water partition coefficient (Wildman–Crippen LogP) is 2.72. The Bertz CT molecular complexity index is 443. The molecule has 2 heteroatoms. The van der Waals surface area contributed by atoms with Gasteiger partial charge >= 0.3 is 0 Å². The first-order chi connectivity index (χ1) is 8.11. The summed E-state index contributed by atoms with van der Waals surface area (Å²) in [5, 5.41) is 9.64. The highest BCUT2D eigenvalue weighted by molar-refractivity contribution is 5.43. The zero-order valence-corrected chi connectivity index (χ0v) is 10.4. The fraction of sp³-hybridized carbons (Fsp3) is 0.600. The van der Waals surface area contributed by atoms with Crippen molar-refractivity contribution in [2.45, 2.75) is 50.5 Å². The maximum Gasteiger partial charge on any atom is 0.115 e. The van der Waals surface area contributed by atoms with E-state index in [0.717, 1.165) is 6.42 Å². The highest BCUT2D eigenvalue weighted by Crippen LogP contribution is 2.46. The van der Waals surface area contributed by atoms with Crippen molar-refractivity contribution in [3.05, 3.63) is 29.3 Å². The Morgan fingerprint density at radius 2 is 2.18 bits per heavy atom. The average molecular weight is 231 g/mol. The molecule has 0 amide bonds. The van der Waals surface area contributed by atoms with Crippen LogP contribution in [0.5, 0.6) is 5.75 Å². The van der Waals surface area contributed by atoms with Gasteiger partial charge in [-0.3, -0.25) is 0 Å². The number of aromatic hydroxyl groups is 1. The second kappa shape index (κ2) is 3.74. The summed E-state index contributed by atoms with van der Waals surface area (Å²) in [7, 11) is 0. The number of nitrogens with two attached hydrogens (primary N) is 1. The monoisotopic (exact) mass is 231 g/mol. The van der Waals surface area contributed by atoms with E-state index in [9.17, 15) is 5.11 Å². The molecule has 0 spiro atoms. The van der Waals surface area contributed by atoms with Gasteiger partial charge in [-0.05, 0) is 48.4 Å². The van der Waals surface area contributed by atoms with E-state index in [2.05, 4.69) is 13.0 Å². The molecule has 1 fully saturated rings.